The fourth-order valence-electron chi connectivity index (χ4n) is 4.11. The van der Waals surface area contributed by atoms with E-state index in [-0.39, 0.29) is 23.3 Å². The summed E-state index contributed by atoms with van der Waals surface area (Å²) in [4.78, 5) is 25.3. The third-order valence-corrected chi connectivity index (χ3v) is 6.00. The van der Waals surface area contributed by atoms with Crippen molar-refractivity contribution in [2.45, 2.75) is 107 Å². The van der Waals surface area contributed by atoms with E-state index in [4.69, 9.17) is 0 Å². The van der Waals surface area contributed by atoms with Crippen LogP contribution in [0.1, 0.15) is 95.4 Å². The first kappa shape index (κ1) is 28.9. The predicted octanol–water partition coefficient (Wildman–Crippen LogP) is 3.65. The van der Waals surface area contributed by atoms with Crippen LogP contribution in [-0.4, -0.2) is 46.8 Å². The van der Waals surface area contributed by atoms with Crippen LogP contribution in [0.15, 0.2) is 0 Å². The maximum atomic E-state index is 12.8. The highest BCUT2D eigenvalue weighted by molar-refractivity contribution is 5.82. The Bertz CT molecular complexity index is 592. The molecule has 6 heteroatoms. The van der Waals surface area contributed by atoms with Crippen molar-refractivity contribution in [3.8, 4) is 0 Å². The van der Waals surface area contributed by atoms with E-state index in [1.54, 1.807) is 13.8 Å². The first-order valence-electron chi connectivity index (χ1n) is 11.1. The average molecular weight is 429 g/mol. The Balaban J connectivity index is 4.98. The molecule has 0 spiro atoms. The van der Waals surface area contributed by atoms with Crippen molar-refractivity contribution < 1.29 is 19.8 Å². The maximum Gasteiger partial charge on any atom is 0.249 e. The predicted molar refractivity (Wildman–Crippen MR) is 123 cm³/mol. The second kappa shape index (κ2) is 9.99. The van der Waals surface area contributed by atoms with Crippen molar-refractivity contribution in [3.05, 3.63) is 0 Å². The minimum absolute atomic E-state index is 0.0408. The smallest absolute Gasteiger partial charge is 0.249 e. The van der Waals surface area contributed by atoms with Crippen molar-refractivity contribution in [3.63, 3.8) is 0 Å². The van der Waals surface area contributed by atoms with Crippen LogP contribution in [0.4, 0.5) is 0 Å². The average Bonchev–Trinajstić information content (AvgIpc) is 2.56. The molecule has 0 aromatic heterocycles. The summed E-state index contributed by atoms with van der Waals surface area (Å²) < 4.78 is 0. The number of carbonyl (C=O) groups is 2. The van der Waals surface area contributed by atoms with Crippen molar-refractivity contribution in [2.24, 2.45) is 21.7 Å². The molecule has 0 aliphatic rings. The molecule has 0 aliphatic carbocycles. The largest absolute Gasteiger partial charge is 0.396 e. The summed E-state index contributed by atoms with van der Waals surface area (Å²) >= 11 is 0. The van der Waals surface area contributed by atoms with E-state index in [9.17, 15) is 19.8 Å². The molecule has 0 aromatic carbocycles. The van der Waals surface area contributed by atoms with Crippen LogP contribution >= 0.6 is 0 Å². The van der Waals surface area contributed by atoms with Crippen LogP contribution in [0.5, 0.6) is 0 Å². The molecule has 178 valence electrons. The number of carbonyl (C=O) groups excluding carboxylic acids is 2. The van der Waals surface area contributed by atoms with Gasteiger partial charge in [-0.25, -0.2) is 0 Å². The molecule has 0 aromatic rings. The molecule has 4 N–H and O–H groups in total. The van der Waals surface area contributed by atoms with Gasteiger partial charge in [0.1, 0.15) is 6.10 Å². The number of nitrogens with one attached hydrogen (secondary N) is 2. The molecule has 30 heavy (non-hydrogen) atoms. The summed E-state index contributed by atoms with van der Waals surface area (Å²) in [6.45, 7) is 21.9. The monoisotopic (exact) mass is 428 g/mol. The minimum atomic E-state index is -1.30. The molecular formula is C24H48N2O4. The van der Waals surface area contributed by atoms with E-state index in [2.05, 4.69) is 45.3 Å². The second-order valence-corrected chi connectivity index (χ2v) is 12.5. The van der Waals surface area contributed by atoms with E-state index in [1.165, 1.54) is 0 Å². The Hall–Kier alpha value is -1.14. The highest BCUT2D eigenvalue weighted by Gasteiger charge is 2.38. The lowest BCUT2D eigenvalue weighted by Gasteiger charge is -2.38. The SMILES string of the molecule is CCC(C)(C)CC(C)(C)C(=O)NCC(C)(C)CC(C)(C)NC(=O)C(O)C(C)(C)CO. The van der Waals surface area contributed by atoms with Gasteiger partial charge in [-0.2, -0.15) is 0 Å². The third kappa shape index (κ3) is 9.34. The Morgan fingerprint density at radius 3 is 1.80 bits per heavy atom. The van der Waals surface area contributed by atoms with Crippen molar-refractivity contribution in [1.82, 2.24) is 10.6 Å². The quantitative estimate of drug-likeness (QED) is 0.381. The Kier molecular flexibility index (Phi) is 9.61. The van der Waals surface area contributed by atoms with Crippen LogP contribution in [0.25, 0.3) is 0 Å². The van der Waals surface area contributed by atoms with Crippen LogP contribution in [0.3, 0.4) is 0 Å². The third-order valence-electron chi connectivity index (χ3n) is 6.00. The molecule has 0 radical (unpaired) electrons. The van der Waals surface area contributed by atoms with Crippen LogP contribution in [0.2, 0.25) is 0 Å². The van der Waals surface area contributed by atoms with E-state index in [0.717, 1.165) is 12.8 Å². The minimum Gasteiger partial charge on any atom is -0.396 e. The lowest BCUT2D eigenvalue weighted by molar-refractivity contribution is -0.139. The molecule has 0 saturated carbocycles. The normalized spacial score (nSPS) is 15.0. The second-order valence-electron chi connectivity index (χ2n) is 12.5. The van der Waals surface area contributed by atoms with Gasteiger partial charge in [0.15, 0.2) is 0 Å². The zero-order chi connectivity index (χ0) is 24.2. The zero-order valence-corrected chi connectivity index (χ0v) is 21.3. The Morgan fingerprint density at radius 1 is 0.867 bits per heavy atom. The molecule has 1 unspecified atom stereocenters. The number of aliphatic hydroxyl groups is 2. The van der Waals surface area contributed by atoms with Crippen molar-refractivity contribution >= 4 is 11.8 Å². The maximum absolute atomic E-state index is 12.8. The lowest BCUT2D eigenvalue weighted by atomic mass is 9.73. The molecule has 0 saturated heterocycles. The van der Waals surface area contributed by atoms with Gasteiger partial charge < -0.3 is 20.8 Å². The van der Waals surface area contributed by atoms with E-state index < -0.39 is 28.4 Å². The Labute approximate surface area is 184 Å². The molecule has 6 nitrogen and oxygen atoms in total. The van der Waals surface area contributed by atoms with Crippen molar-refractivity contribution in [1.29, 1.82) is 0 Å². The zero-order valence-electron chi connectivity index (χ0n) is 21.3. The summed E-state index contributed by atoms with van der Waals surface area (Å²) in [7, 11) is 0. The van der Waals surface area contributed by atoms with Gasteiger partial charge in [0.05, 0.1) is 6.61 Å². The number of aliphatic hydroxyl groups excluding tert-OH is 2. The lowest BCUT2D eigenvalue weighted by Crippen LogP contribution is -2.54. The van der Waals surface area contributed by atoms with E-state index in [1.807, 2.05) is 27.7 Å². The number of amides is 2. The first-order chi connectivity index (χ1) is 13.2. The molecule has 0 rings (SSSR count). The van der Waals surface area contributed by atoms with Gasteiger partial charge >= 0.3 is 0 Å². The van der Waals surface area contributed by atoms with Crippen LogP contribution in [-0.2, 0) is 9.59 Å². The summed E-state index contributed by atoms with van der Waals surface area (Å²) in [5, 5.41) is 25.7. The highest BCUT2D eigenvalue weighted by Crippen LogP contribution is 2.36. The topological polar surface area (TPSA) is 98.7 Å². The fourth-order valence-corrected chi connectivity index (χ4v) is 4.11. The summed E-state index contributed by atoms with van der Waals surface area (Å²) in [5.74, 6) is -0.458. The van der Waals surface area contributed by atoms with Gasteiger partial charge in [-0.1, -0.05) is 68.7 Å². The number of rotatable bonds is 12. The van der Waals surface area contributed by atoms with Gasteiger partial charge in [-0.3, -0.25) is 9.59 Å². The van der Waals surface area contributed by atoms with Gasteiger partial charge in [0.25, 0.3) is 0 Å². The highest BCUT2D eigenvalue weighted by atomic mass is 16.3. The van der Waals surface area contributed by atoms with Crippen LogP contribution < -0.4 is 10.6 Å². The molecule has 0 aliphatic heterocycles. The molecule has 0 heterocycles. The molecule has 2 amide bonds. The van der Waals surface area contributed by atoms with E-state index >= 15 is 0 Å². The number of hydrogen-bond donors (Lipinski definition) is 4. The standard InChI is InChI=1S/C24H48N2O4/c1-12-20(2,3)13-22(6,7)19(30)25-15-21(4,5)14-24(10,11)26-18(29)17(28)23(8,9)16-27/h17,27-28H,12-16H2,1-11H3,(H,25,30)(H,26,29). The van der Waals surface area contributed by atoms with Crippen molar-refractivity contribution in [2.75, 3.05) is 13.2 Å². The first-order valence-corrected chi connectivity index (χ1v) is 11.1. The summed E-state index contributed by atoms with van der Waals surface area (Å²) in [6, 6.07) is 0. The van der Waals surface area contributed by atoms with Gasteiger partial charge in [-0.15, -0.1) is 0 Å². The fraction of sp³-hybridized carbons (Fsp3) is 0.917. The molecule has 0 bridgehead atoms. The van der Waals surface area contributed by atoms with E-state index in [0.29, 0.717) is 13.0 Å². The van der Waals surface area contributed by atoms with Gasteiger partial charge in [-0.05, 0) is 37.5 Å². The number of hydrogen-bond acceptors (Lipinski definition) is 4. The Morgan fingerprint density at radius 2 is 1.37 bits per heavy atom. The summed E-state index contributed by atoms with van der Waals surface area (Å²) in [6.07, 6.45) is 1.14. The van der Waals surface area contributed by atoms with Gasteiger partial charge in [0.2, 0.25) is 11.8 Å². The molecular weight excluding hydrogens is 380 g/mol. The van der Waals surface area contributed by atoms with Crippen LogP contribution in [0, 0.1) is 21.7 Å². The summed E-state index contributed by atoms with van der Waals surface area (Å²) in [5.41, 5.74) is -2.12. The molecule has 0 fully saturated rings. The van der Waals surface area contributed by atoms with Gasteiger partial charge in [0, 0.05) is 22.9 Å². The molecule has 1 atom stereocenters.